The van der Waals surface area contributed by atoms with E-state index in [1.807, 2.05) is 11.8 Å². The molecule has 16 heavy (non-hydrogen) atoms. The minimum Gasteiger partial charge on any atom is -0.368 e. The molecule has 1 aromatic heterocycles. The molecular formula is C10H15ClN4S. The molecule has 3 N–H and O–H groups in total. The van der Waals surface area contributed by atoms with Crippen LogP contribution in [0.2, 0.25) is 5.02 Å². The Kier molecular flexibility index (Phi) is 4.12. The molecule has 6 heteroatoms. The summed E-state index contributed by atoms with van der Waals surface area (Å²) in [5.41, 5.74) is 5.51. The van der Waals surface area contributed by atoms with Crippen LogP contribution < -0.4 is 11.1 Å². The smallest absolute Gasteiger partial charge is 0.222 e. The zero-order valence-electron chi connectivity index (χ0n) is 8.95. The van der Waals surface area contributed by atoms with Crippen molar-refractivity contribution in [3.05, 3.63) is 11.2 Å². The van der Waals surface area contributed by atoms with Gasteiger partial charge in [0.1, 0.15) is 10.8 Å². The SMILES string of the molecule is Nc1ncc(Cl)c(NCC2CCSCC2)n1. The van der Waals surface area contributed by atoms with E-state index >= 15 is 0 Å². The van der Waals surface area contributed by atoms with Gasteiger partial charge in [-0.25, -0.2) is 4.98 Å². The number of anilines is 2. The molecule has 0 radical (unpaired) electrons. The van der Waals surface area contributed by atoms with Crippen LogP contribution in [0.4, 0.5) is 11.8 Å². The molecule has 0 amide bonds. The Morgan fingerprint density at radius 2 is 2.25 bits per heavy atom. The molecule has 1 fully saturated rings. The maximum atomic E-state index is 5.97. The number of aromatic nitrogens is 2. The Morgan fingerprint density at radius 1 is 1.50 bits per heavy atom. The molecule has 1 aliphatic heterocycles. The standard InChI is InChI=1S/C10H15ClN4S/c11-8-6-14-10(12)15-9(8)13-5-7-1-3-16-4-2-7/h6-7H,1-5H2,(H3,12,13,14,15). The van der Waals surface area contributed by atoms with E-state index in [-0.39, 0.29) is 5.95 Å². The molecular weight excluding hydrogens is 244 g/mol. The summed E-state index contributed by atoms with van der Waals surface area (Å²) < 4.78 is 0. The Bertz CT molecular complexity index is 355. The van der Waals surface area contributed by atoms with E-state index in [0.717, 1.165) is 6.54 Å². The molecule has 1 aromatic rings. The largest absolute Gasteiger partial charge is 0.368 e. The van der Waals surface area contributed by atoms with Gasteiger partial charge in [0.25, 0.3) is 0 Å². The monoisotopic (exact) mass is 258 g/mol. The molecule has 0 saturated carbocycles. The molecule has 0 unspecified atom stereocenters. The van der Waals surface area contributed by atoms with E-state index in [1.165, 1.54) is 30.5 Å². The molecule has 1 aliphatic rings. The fourth-order valence-corrected chi connectivity index (χ4v) is 3.06. The summed E-state index contributed by atoms with van der Waals surface area (Å²) in [6, 6.07) is 0. The van der Waals surface area contributed by atoms with E-state index in [4.69, 9.17) is 17.3 Å². The van der Waals surface area contributed by atoms with E-state index in [1.54, 1.807) is 0 Å². The molecule has 0 aromatic carbocycles. The van der Waals surface area contributed by atoms with E-state index in [9.17, 15) is 0 Å². The number of nitrogens with one attached hydrogen (secondary N) is 1. The van der Waals surface area contributed by atoms with Gasteiger partial charge >= 0.3 is 0 Å². The van der Waals surface area contributed by atoms with Crippen molar-refractivity contribution < 1.29 is 0 Å². The number of rotatable bonds is 3. The summed E-state index contributed by atoms with van der Waals surface area (Å²) in [6.07, 6.45) is 4.05. The Morgan fingerprint density at radius 3 is 3.00 bits per heavy atom. The van der Waals surface area contributed by atoms with Gasteiger partial charge < -0.3 is 11.1 Å². The first-order valence-corrected chi connectivity index (χ1v) is 6.88. The number of thioether (sulfide) groups is 1. The Labute approximate surface area is 104 Å². The number of nitrogen functional groups attached to an aromatic ring is 1. The Hall–Kier alpha value is -0.680. The summed E-state index contributed by atoms with van der Waals surface area (Å²) in [5.74, 6) is 4.13. The Balaban J connectivity index is 1.90. The number of hydrogen-bond donors (Lipinski definition) is 2. The third kappa shape index (κ3) is 3.15. The van der Waals surface area contributed by atoms with Crippen LogP contribution in [0.3, 0.4) is 0 Å². The lowest BCUT2D eigenvalue weighted by Crippen LogP contribution is -2.20. The molecule has 0 atom stereocenters. The van der Waals surface area contributed by atoms with Crippen LogP contribution in [0, 0.1) is 5.92 Å². The molecule has 2 rings (SSSR count). The van der Waals surface area contributed by atoms with Crippen molar-refractivity contribution in [2.24, 2.45) is 5.92 Å². The first-order chi connectivity index (χ1) is 7.75. The highest BCUT2D eigenvalue weighted by Gasteiger charge is 2.14. The number of nitrogens with two attached hydrogens (primary N) is 1. The minimum atomic E-state index is 0.256. The molecule has 0 bridgehead atoms. The highest BCUT2D eigenvalue weighted by molar-refractivity contribution is 7.99. The van der Waals surface area contributed by atoms with Crippen LogP contribution in [-0.2, 0) is 0 Å². The fourth-order valence-electron chi connectivity index (χ4n) is 1.70. The van der Waals surface area contributed by atoms with Crippen molar-refractivity contribution in [2.75, 3.05) is 29.1 Å². The predicted molar refractivity (Wildman–Crippen MR) is 70.0 cm³/mol. The number of halogens is 1. The van der Waals surface area contributed by atoms with Gasteiger partial charge in [-0.1, -0.05) is 11.6 Å². The first-order valence-electron chi connectivity index (χ1n) is 5.35. The predicted octanol–water partition coefficient (Wildman–Crippen LogP) is 2.27. The summed E-state index contributed by atoms with van der Waals surface area (Å²) in [4.78, 5) is 7.90. The third-order valence-electron chi connectivity index (χ3n) is 2.66. The molecule has 1 saturated heterocycles. The van der Waals surface area contributed by atoms with Gasteiger partial charge in [0.2, 0.25) is 5.95 Å². The third-order valence-corrected chi connectivity index (χ3v) is 3.99. The van der Waals surface area contributed by atoms with Crippen molar-refractivity contribution in [3.63, 3.8) is 0 Å². The first kappa shape index (κ1) is 11.8. The summed E-state index contributed by atoms with van der Waals surface area (Å²) in [7, 11) is 0. The maximum absolute atomic E-state index is 5.97. The van der Waals surface area contributed by atoms with Crippen molar-refractivity contribution in [1.82, 2.24) is 9.97 Å². The van der Waals surface area contributed by atoms with Crippen molar-refractivity contribution in [1.29, 1.82) is 0 Å². The number of hydrogen-bond acceptors (Lipinski definition) is 5. The van der Waals surface area contributed by atoms with Crippen LogP contribution in [0.5, 0.6) is 0 Å². The topological polar surface area (TPSA) is 63.8 Å². The quantitative estimate of drug-likeness (QED) is 0.871. The average Bonchev–Trinajstić information content (AvgIpc) is 2.32. The second-order valence-electron chi connectivity index (χ2n) is 3.86. The summed E-state index contributed by atoms with van der Waals surface area (Å²) in [5, 5.41) is 3.78. The van der Waals surface area contributed by atoms with E-state index < -0.39 is 0 Å². The number of nitrogens with zero attached hydrogens (tertiary/aromatic N) is 2. The maximum Gasteiger partial charge on any atom is 0.222 e. The lowest BCUT2D eigenvalue weighted by molar-refractivity contribution is 0.515. The summed E-state index contributed by atoms with van der Waals surface area (Å²) in [6.45, 7) is 0.913. The van der Waals surface area contributed by atoms with Gasteiger partial charge in [-0.2, -0.15) is 16.7 Å². The van der Waals surface area contributed by atoms with E-state index in [0.29, 0.717) is 16.8 Å². The lowest BCUT2D eigenvalue weighted by atomic mass is 10.0. The average molecular weight is 259 g/mol. The van der Waals surface area contributed by atoms with Gasteiger partial charge in [-0.15, -0.1) is 0 Å². The summed E-state index contributed by atoms with van der Waals surface area (Å²) >= 11 is 7.99. The highest BCUT2D eigenvalue weighted by Crippen LogP contribution is 2.24. The highest BCUT2D eigenvalue weighted by atomic mass is 35.5. The fraction of sp³-hybridized carbons (Fsp3) is 0.600. The van der Waals surface area contributed by atoms with Crippen LogP contribution in [0.25, 0.3) is 0 Å². The second kappa shape index (κ2) is 5.59. The normalized spacial score (nSPS) is 17.3. The van der Waals surface area contributed by atoms with E-state index in [2.05, 4.69) is 15.3 Å². The lowest BCUT2D eigenvalue weighted by Gasteiger charge is -2.21. The zero-order chi connectivity index (χ0) is 11.4. The molecule has 0 aliphatic carbocycles. The molecule has 0 spiro atoms. The second-order valence-corrected chi connectivity index (χ2v) is 5.49. The van der Waals surface area contributed by atoms with Crippen molar-refractivity contribution in [2.45, 2.75) is 12.8 Å². The van der Waals surface area contributed by atoms with Crippen LogP contribution in [-0.4, -0.2) is 28.0 Å². The van der Waals surface area contributed by atoms with Gasteiger partial charge in [-0.05, 0) is 30.3 Å². The van der Waals surface area contributed by atoms with Crippen molar-refractivity contribution in [3.8, 4) is 0 Å². The molecule has 2 heterocycles. The molecule has 88 valence electrons. The van der Waals surface area contributed by atoms with Gasteiger partial charge in [-0.3, -0.25) is 0 Å². The van der Waals surface area contributed by atoms with Gasteiger partial charge in [0.05, 0.1) is 6.20 Å². The molecule has 4 nitrogen and oxygen atoms in total. The van der Waals surface area contributed by atoms with Crippen LogP contribution >= 0.6 is 23.4 Å². The van der Waals surface area contributed by atoms with Crippen LogP contribution in [0.1, 0.15) is 12.8 Å². The van der Waals surface area contributed by atoms with Crippen molar-refractivity contribution >= 4 is 35.1 Å². The van der Waals surface area contributed by atoms with Gasteiger partial charge in [0, 0.05) is 6.54 Å². The zero-order valence-corrected chi connectivity index (χ0v) is 10.5. The van der Waals surface area contributed by atoms with Gasteiger partial charge in [0.15, 0.2) is 0 Å². The minimum absolute atomic E-state index is 0.256. The van der Waals surface area contributed by atoms with Crippen LogP contribution in [0.15, 0.2) is 6.20 Å².